The number of carbonyl (C=O) groups is 2. The topological polar surface area (TPSA) is 49.9 Å². The lowest BCUT2D eigenvalue weighted by atomic mass is 9.94. The molecule has 1 aromatic rings. The van der Waals surface area contributed by atoms with Crippen LogP contribution in [0.2, 0.25) is 0 Å². The molecular weight excluding hydrogens is 328 g/mol. The maximum Gasteiger partial charge on any atom is 0.226 e. The van der Waals surface area contributed by atoms with Crippen molar-refractivity contribution >= 4 is 11.8 Å². The number of likely N-dealkylation sites (tertiary alicyclic amines) is 2. The monoisotopic (exact) mass is 356 g/mol. The van der Waals surface area contributed by atoms with Crippen LogP contribution in [0.4, 0.5) is 0 Å². The molecule has 3 aliphatic rings. The Hall–Kier alpha value is -2.04. The van der Waals surface area contributed by atoms with E-state index in [1.807, 2.05) is 17.0 Å². The van der Waals surface area contributed by atoms with Crippen molar-refractivity contribution in [2.24, 2.45) is 11.8 Å². The second-order valence-corrected chi connectivity index (χ2v) is 7.84. The predicted octanol–water partition coefficient (Wildman–Crippen LogP) is 3.01. The van der Waals surface area contributed by atoms with E-state index in [-0.39, 0.29) is 23.8 Å². The molecular formula is C21H28N2O3. The summed E-state index contributed by atoms with van der Waals surface area (Å²) in [5, 5.41) is 0. The van der Waals surface area contributed by atoms with E-state index < -0.39 is 0 Å². The molecule has 0 bridgehead atoms. The number of hydrogen-bond donors (Lipinski definition) is 0. The molecule has 26 heavy (non-hydrogen) atoms. The summed E-state index contributed by atoms with van der Waals surface area (Å²) in [5.41, 5.74) is 1.19. The van der Waals surface area contributed by atoms with Gasteiger partial charge in [0, 0.05) is 31.5 Å². The Balaban J connectivity index is 1.38. The largest absolute Gasteiger partial charge is 0.497 e. The minimum absolute atomic E-state index is 0.0668. The summed E-state index contributed by atoms with van der Waals surface area (Å²) in [6.07, 6.45) is 5.80. The number of amides is 2. The highest BCUT2D eigenvalue weighted by atomic mass is 16.5. The fraction of sp³-hybridized carbons (Fsp3) is 0.619. The van der Waals surface area contributed by atoms with Crippen LogP contribution in [0.1, 0.15) is 50.1 Å². The maximum absolute atomic E-state index is 13.1. The molecule has 0 aromatic heterocycles. The van der Waals surface area contributed by atoms with Crippen LogP contribution in [0.5, 0.6) is 5.75 Å². The molecule has 5 nitrogen and oxygen atoms in total. The molecule has 1 atom stereocenters. The Labute approximate surface area is 155 Å². The molecule has 5 heteroatoms. The molecule has 0 N–H and O–H groups in total. The summed E-state index contributed by atoms with van der Waals surface area (Å²) in [7, 11) is 1.67. The van der Waals surface area contributed by atoms with Gasteiger partial charge in [-0.25, -0.2) is 0 Å². The Morgan fingerprint density at radius 3 is 2.15 bits per heavy atom. The van der Waals surface area contributed by atoms with E-state index in [2.05, 4.69) is 17.0 Å². The number of carbonyl (C=O) groups excluding carboxylic acids is 2. The smallest absolute Gasteiger partial charge is 0.226 e. The average molecular weight is 356 g/mol. The number of rotatable bonds is 4. The van der Waals surface area contributed by atoms with E-state index in [4.69, 9.17) is 4.74 Å². The number of hydrogen-bond acceptors (Lipinski definition) is 3. The maximum atomic E-state index is 13.1. The zero-order valence-electron chi connectivity index (χ0n) is 15.5. The van der Waals surface area contributed by atoms with Crippen molar-refractivity contribution < 1.29 is 14.3 Å². The van der Waals surface area contributed by atoms with Gasteiger partial charge in [-0.05, 0) is 56.2 Å². The molecule has 2 amide bonds. The van der Waals surface area contributed by atoms with Crippen LogP contribution in [0.25, 0.3) is 0 Å². The van der Waals surface area contributed by atoms with E-state index in [0.29, 0.717) is 5.91 Å². The van der Waals surface area contributed by atoms with E-state index in [1.54, 1.807) is 7.11 Å². The van der Waals surface area contributed by atoms with Gasteiger partial charge in [-0.3, -0.25) is 9.59 Å². The summed E-state index contributed by atoms with van der Waals surface area (Å²) in [6.45, 7) is 2.33. The number of nitrogens with zero attached hydrogens (tertiary/aromatic N) is 2. The molecule has 1 aliphatic carbocycles. The zero-order valence-corrected chi connectivity index (χ0v) is 15.5. The van der Waals surface area contributed by atoms with Gasteiger partial charge in [-0.1, -0.05) is 12.1 Å². The van der Waals surface area contributed by atoms with Crippen molar-refractivity contribution in [3.63, 3.8) is 0 Å². The van der Waals surface area contributed by atoms with Gasteiger partial charge in [-0.2, -0.15) is 0 Å². The number of ether oxygens (including phenoxy) is 1. The Kier molecular flexibility index (Phi) is 4.88. The van der Waals surface area contributed by atoms with Crippen LogP contribution >= 0.6 is 0 Å². The highest BCUT2D eigenvalue weighted by Crippen LogP contribution is 2.36. The highest BCUT2D eigenvalue weighted by molar-refractivity contribution is 5.82. The van der Waals surface area contributed by atoms with Crippen LogP contribution in [0.15, 0.2) is 24.3 Å². The van der Waals surface area contributed by atoms with Crippen molar-refractivity contribution in [2.75, 3.05) is 26.7 Å². The lowest BCUT2D eigenvalue weighted by Gasteiger charge is -2.35. The van der Waals surface area contributed by atoms with Gasteiger partial charge in [-0.15, -0.1) is 0 Å². The van der Waals surface area contributed by atoms with E-state index in [0.717, 1.165) is 63.9 Å². The zero-order chi connectivity index (χ0) is 18.1. The van der Waals surface area contributed by atoms with Crippen LogP contribution in [0.3, 0.4) is 0 Å². The van der Waals surface area contributed by atoms with Crippen LogP contribution in [-0.2, 0) is 9.59 Å². The third-order valence-corrected chi connectivity index (χ3v) is 6.12. The molecule has 2 heterocycles. The normalized spacial score (nSPS) is 24.0. The molecule has 2 aliphatic heterocycles. The molecule has 1 saturated carbocycles. The van der Waals surface area contributed by atoms with Crippen LogP contribution in [0, 0.1) is 11.8 Å². The molecule has 3 fully saturated rings. The predicted molar refractivity (Wildman–Crippen MR) is 98.7 cm³/mol. The van der Waals surface area contributed by atoms with Gasteiger partial charge in [0.2, 0.25) is 11.8 Å². The molecule has 2 saturated heterocycles. The summed E-state index contributed by atoms with van der Waals surface area (Å²) in [6, 6.07) is 8.27. The van der Waals surface area contributed by atoms with Gasteiger partial charge in [0.05, 0.1) is 13.2 Å². The summed E-state index contributed by atoms with van der Waals surface area (Å²) >= 11 is 0. The van der Waals surface area contributed by atoms with Gasteiger partial charge in [0.25, 0.3) is 0 Å². The van der Waals surface area contributed by atoms with Crippen LogP contribution in [-0.4, -0.2) is 48.4 Å². The Morgan fingerprint density at radius 1 is 0.885 bits per heavy atom. The first-order valence-electron chi connectivity index (χ1n) is 9.90. The highest BCUT2D eigenvalue weighted by Gasteiger charge is 2.38. The Morgan fingerprint density at radius 2 is 1.54 bits per heavy atom. The van der Waals surface area contributed by atoms with Crippen molar-refractivity contribution in [2.45, 2.75) is 44.6 Å². The molecule has 0 radical (unpaired) electrons. The standard InChI is InChI=1S/C21H28N2O3/c1-26-18-8-6-15(7-9-18)19-3-2-12-23(19)21(25)17-10-13-22(14-11-17)20(24)16-4-5-16/h6-9,16-17,19H,2-5,10-14H2,1H3/t19-/m0/s1. The van der Waals surface area contributed by atoms with E-state index >= 15 is 0 Å². The summed E-state index contributed by atoms with van der Waals surface area (Å²) in [5.74, 6) is 1.78. The summed E-state index contributed by atoms with van der Waals surface area (Å²) < 4.78 is 5.24. The fourth-order valence-corrected chi connectivity index (χ4v) is 4.37. The minimum atomic E-state index is 0.0668. The molecule has 140 valence electrons. The Bertz CT molecular complexity index is 660. The second-order valence-electron chi connectivity index (χ2n) is 7.84. The molecule has 0 unspecified atom stereocenters. The number of methoxy groups -OCH3 is 1. The van der Waals surface area contributed by atoms with Gasteiger partial charge < -0.3 is 14.5 Å². The quantitative estimate of drug-likeness (QED) is 0.833. The van der Waals surface area contributed by atoms with Crippen molar-refractivity contribution in [1.29, 1.82) is 0 Å². The lowest BCUT2D eigenvalue weighted by Crippen LogP contribution is -2.44. The van der Waals surface area contributed by atoms with E-state index in [1.165, 1.54) is 5.56 Å². The lowest BCUT2D eigenvalue weighted by molar-refractivity contribution is -0.142. The minimum Gasteiger partial charge on any atom is -0.497 e. The molecule has 1 aromatic carbocycles. The first-order chi connectivity index (χ1) is 12.7. The average Bonchev–Trinajstić information content (AvgIpc) is 3.43. The van der Waals surface area contributed by atoms with Crippen LogP contribution < -0.4 is 4.74 Å². The second kappa shape index (κ2) is 7.29. The SMILES string of the molecule is COc1ccc([C@@H]2CCCN2C(=O)C2CCN(C(=O)C3CC3)CC2)cc1. The van der Waals surface area contributed by atoms with Crippen molar-refractivity contribution in [3.8, 4) is 5.75 Å². The first kappa shape index (κ1) is 17.4. The van der Waals surface area contributed by atoms with Crippen molar-refractivity contribution in [3.05, 3.63) is 29.8 Å². The number of benzene rings is 1. The van der Waals surface area contributed by atoms with Gasteiger partial charge in [0.15, 0.2) is 0 Å². The fourth-order valence-electron chi connectivity index (χ4n) is 4.37. The van der Waals surface area contributed by atoms with E-state index in [9.17, 15) is 9.59 Å². The first-order valence-corrected chi connectivity index (χ1v) is 9.90. The van der Waals surface area contributed by atoms with Gasteiger partial charge in [0.1, 0.15) is 5.75 Å². The molecule has 0 spiro atoms. The third-order valence-electron chi connectivity index (χ3n) is 6.12. The summed E-state index contributed by atoms with van der Waals surface area (Å²) in [4.78, 5) is 29.4. The molecule has 4 rings (SSSR count). The van der Waals surface area contributed by atoms with Crippen molar-refractivity contribution in [1.82, 2.24) is 9.80 Å². The number of piperidine rings is 1. The third kappa shape index (κ3) is 3.44. The van der Waals surface area contributed by atoms with Gasteiger partial charge >= 0.3 is 0 Å².